The number of alkyl halides is 3. The number of amides is 2. The first-order valence-corrected chi connectivity index (χ1v) is 8.02. The molecule has 0 spiro atoms. The molecule has 3 rings (SSSR count). The molecule has 0 radical (unpaired) electrons. The van der Waals surface area contributed by atoms with Gasteiger partial charge in [-0.15, -0.1) is 0 Å². The van der Waals surface area contributed by atoms with Crippen LogP contribution >= 0.6 is 0 Å². The number of fused-ring (bicyclic) bond motifs is 1. The summed E-state index contributed by atoms with van der Waals surface area (Å²) in [5, 5.41) is 5.33. The fourth-order valence-corrected chi connectivity index (χ4v) is 2.48. The maximum Gasteiger partial charge on any atom is 0.416 e. The number of benzene rings is 2. The zero-order chi connectivity index (χ0) is 18.6. The Balaban J connectivity index is 1.47. The van der Waals surface area contributed by atoms with Gasteiger partial charge in [-0.2, -0.15) is 13.2 Å². The Morgan fingerprint density at radius 1 is 1.00 bits per heavy atom. The van der Waals surface area contributed by atoms with Gasteiger partial charge in [0, 0.05) is 18.3 Å². The smallest absolute Gasteiger partial charge is 0.416 e. The second kappa shape index (κ2) is 7.55. The molecule has 0 unspecified atom stereocenters. The quantitative estimate of drug-likeness (QED) is 0.864. The van der Waals surface area contributed by atoms with Gasteiger partial charge in [0.1, 0.15) is 13.2 Å². The van der Waals surface area contributed by atoms with Gasteiger partial charge in [0.05, 0.1) is 5.56 Å². The molecule has 0 aromatic heterocycles. The average Bonchev–Trinajstić information content (AvgIpc) is 2.61. The van der Waals surface area contributed by atoms with Gasteiger partial charge in [-0.05, 0) is 36.2 Å². The molecular weight excluding hydrogens is 349 g/mol. The molecule has 0 saturated carbocycles. The van der Waals surface area contributed by atoms with E-state index in [2.05, 4.69) is 10.6 Å². The number of carbonyl (C=O) groups is 1. The normalized spacial score (nSPS) is 13.2. The Bertz CT molecular complexity index is 776. The molecule has 0 saturated heterocycles. The number of hydrogen-bond donors (Lipinski definition) is 2. The van der Waals surface area contributed by atoms with Crippen LogP contribution in [0.1, 0.15) is 11.1 Å². The number of ether oxygens (including phenoxy) is 2. The van der Waals surface area contributed by atoms with Crippen LogP contribution in [-0.2, 0) is 12.6 Å². The molecule has 138 valence electrons. The highest BCUT2D eigenvalue weighted by Crippen LogP contribution is 2.32. The number of rotatable bonds is 4. The van der Waals surface area contributed by atoms with E-state index in [0.717, 1.165) is 12.1 Å². The van der Waals surface area contributed by atoms with E-state index in [1.165, 1.54) is 12.1 Å². The van der Waals surface area contributed by atoms with Crippen molar-refractivity contribution in [3.8, 4) is 11.5 Å². The van der Waals surface area contributed by atoms with E-state index in [1.807, 2.05) is 0 Å². The van der Waals surface area contributed by atoms with Crippen LogP contribution in [0.4, 0.5) is 23.7 Å². The number of carbonyl (C=O) groups excluding carboxylic acids is 1. The van der Waals surface area contributed by atoms with Crippen molar-refractivity contribution >= 4 is 11.7 Å². The van der Waals surface area contributed by atoms with Gasteiger partial charge < -0.3 is 20.1 Å². The lowest BCUT2D eigenvalue weighted by atomic mass is 10.1. The van der Waals surface area contributed by atoms with E-state index in [4.69, 9.17) is 9.47 Å². The number of hydrogen-bond acceptors (Lipinski definition) is 3. The minimum atomic E-state index is -4.35. The topological polar surface area (TPSA) is 59.6 Å². The molecular formula is C18H17F3N2O3. The molecule has 0 aliphatic carbocycles. The lowest BCUT2D eigenvalue weighted by Crippen LogP contribution is -2.30. The van der Waals surface area contributed by atoms with Crippen LogP contribution in [0.5, 0.6) is 11.5 Å². The maximum atomic E-state index is 12.5. The fourth-order valence-electron chi connectivity index (χ4n) is 2.48. The zero-order valence-corrected chi connectivity index (χ0v) is 13.7. The summed E-state index contributed by atoms with van der Waals surface area (Å²) < 4.78 is 48.4. The summed E-state index contributed by atoms with van der Waals surface area (Å²) >= 11 is 0. The molecule has 0 bridgehead atoms. The molecule has 26 heavy (non-hydrogen) atoms. The Kier molecular flexibility index (Phi) is 5.20. The number of anilines is 1. The van der Waals surface area contributed by atoms with E-state index >= 15 is 0 Å². The zero-order valence-electron chi connectivity index (χ0n) is 13.7. The first kappa shape index (κ1) is 17.9. The van der Waals surface area contributed by atoms with Crippen LogP contribution in [0.3, 0.4) is 0 Å². The minimum Gasteiger partial charge on any atom is -0.486 e. The van der Waals surface area contributed by atoms with Gasteiger partial charge in [-0.3, -0.25) is 0 Å². The SMILES string of the molecule is O=C(NCCc1ccc(C(F)(F)F)cc1)Nc1ccc2c(c1)OCCO2. The molecule has 1 aliphatic heterocycles. The highest BCUT2D eigenvalue weighted by molar-refractivity contribution is 5.89. The second-order valence-electron chi connectivity index (χ2n) is 5.68. The van der Waals surface area contributed by atoms with E-state index in [9.17, 15) is 18.0 Å². The Labute approximate surface area is 148 Å². The van der Waals surface area contributed by atoms with Crippen LogP contribution < -0.4 is 20.1 Å². The second-order valence-corrected chi connectivity index (χ2v) is 5.68. The van der Waals surface area contributed by atoms with Gasteiger partial charge in [-0.1, -0.05) is 12.1 Å². The van der Waals surface area contributed by atoms with E-state index < -0.39 is 17.8 Å². The Hall–Kier alpha value is -2.90. The molecule has 5 nitrogen and oxygen atoms in total. The summed E-state index contributed by atoms with van der Waals surface area (Å²) in [5.41, 5.74) is 0.574. The average molecular weight is 366 g/mol. The number of nitrogens with one attached hydrogen (secondary N) is 2. The highest BCUT2D eigenvalue weighted by Gasteiger charge is 2.29. The van der Waals surface area contributed by atoms with Crippen LogP contribution in [0.15, 0.2) is 42.5 Å². The molecule has 1 heterocycles. The van der Waals surface area contributed by atoms with Crippen molar-refractivity contribution < 1.29 is 27.4 Å². The van der Waals surface area contributed by atoms with Gasteiger partial charge in [-0.25, -0.2) is 4.79 Å². The van der Waals surface area contributed by atoms with Crippen molar-refractivity contribution in [2.45, 2.75) is 12.6 Å². The van der Waals surface area contributed by atoms with Crippen molar-refractivity contribution in [3.63, 3.8) is 0 Å². The molecule has 1 aliphatic rings. The summed E-state index contributed by atoms with van der Waals surface area (Å²) in [5.74, 6) is 1.20. The van der Waals surface area contributed by atoms with Crippen molar-refractivity contribution in [1.29, 1.82) is 0 Å². The predicted molar refractivity (Wildman–Crippen MR) is 89.6 cm³/mol. The van der Waals surface area contributed by atoms with Crippen molar-refractivity contribution in [2.75, 3.05) is 25.1 Å². The van der Waals surface area contributed by atoms with Crippen molar-refractivity contribution in [3.05, 3.63) is 53.6 Å². The van der Waals surface area contributed by atoms with Crippen LogP contribution in [0.2, 0.25) is 0 Å². The third kappa shape index (κ3) is 4.59. The lowest BCUT2D eigenvalue weighted by molar-refractivity contribution is -0.137. The third-order valence-electron chi connectivity index (χ3n) is 3.78. The van der Waals surface area contributed by atoms with E-state index in [-0.39, 0.29) is 0 Å². The fraction of sp³-hybridized carbons (Fsp3) is 0.278. The van der Waals surface area contributed by atoms with Gasteiger partial charge >= 0.3 is 12.2 Å². The molecule has 2 N–H and O–H groups in total. The monoisotopic (exact) mass is 366 g/mol. The van der Waals surface area contributed by atoms with Crippen molar-refractivity contribution in [1.82, 2.24) is 5.32 Å². The van der Waals surface area contributed by atoms with Crippen LogP contribution in [-0.4, -0.2) is 25.8 Å². The van der Waals surface area contributed by atoms with Crippen LogP contribution in [0.25, 0.3) is 0 Å². The Morgan fingerprint density at radius 3 is 2.38 bits per heavy atom. The van der Waals surface area contributed by atoms with E-state index in [1.54, 1.807) is 18.2 Å². The first-order chi connectivity index (χ1) is 12.4. The molecule has 0 fully saturated rings. The molecule has 2 aromatic rings. The summed E-state index contributed by atoms with van der Waals surface area (Å²) in [6, 6.07) is 9.55. The summed E-state index contributed by atoms with van der Waals surface area (Å²) in [6.07, 6.45) is -3.92. The minimum absolute atomic E-state index is 0.293. The summed E-state index contributed by atoms with van der Waals surface area (Å²) in [4.78, 5) is 11.9. The number of halogens is 3. The maximum absolute atomic E-state index is 12.5. The molecule has 8 heteroatoms. The summed E-state index contributed by atoms with van der Waals surface area (Å²) in [7, 11) is 0. The Morgan fingerprint density at radius 2 is 1.69 bits per heavy atom. The molecule has 2 aromatic carbocycles. The van der Waals surface area contributed by atoms with E-state index in [0.29, 0.717) is 48.9 Å². The third-order valence-corrected chi connectivity index (χ3v) is 3.78. The largest absolute Gasteiger partial charge is 0.486 e. The van der Waals surface area contributed by atoms with Gasteiger partial charge in [0.15, 0.2) is 11.5 Å². The standard InChI is InChI=1S/C18H17F3N2O3/c19-18(20,21)13-3-1-12(2-4-13)7-8-22-17(24)23-14-5-6-15-16(11-14)26-10-9-25-15/h1-6,11H,7-10H2,(H2,22,23,24). The summed E-state index contributed by atoms with van der Waals surface area (Å²) in [6.45, 7) is 1.24. The molecule has 2 amide bonds. The molecule has 0 atom stereocenters. The number of urea groups is 1. The predicted octanol–water partition coefficient (Wildman–Crippen LogP) is 3.84. The lowest BCUT2D eigenvalue weighted by Gasteiger charge is -2.19. The highest BCUT2D eigenvalue weighted by atomic mass is 19.4. The van der Waals surface area contributed by atoms with Gasteiger partial charge in [0.2, 0.25) is 0 Å². The van der Waals surface area contributed by atoms with Crippen molar-refractivity contribution in [2.24, 2.45) is 0 Å². The van der Waals surface area contributed by atoms with Crippen LogP contribution in [0, 0.1) is 0 Å². The van der Waals surface area contributed by atoms with Gasteiger partial charge in [0.25, 0.3) is 0 Å². The first-order valence-electron chi connectivity index (χ1n) is 8.02.